The summed E-state index contributed by atoms with van der Waals surface area (Å²) >= 11 is 6.71. The second-order valence-electron chi connectivity index (χ2n) is 8.44. The Labute approximate surface area is 224 Å². The second-order valence-corrected chi connectivity index (χ2v) is 9.87. The molecule has 7 nitrogen and oxygen atoms in total. The van der Waals surface area contributed by atoms with E-state index >= 15 is 0 Å². The topological polar surface area (TPSA) is 84.9 Å². The van der Waals surface area contributed by atoms with E-state index in [2.05, 4.69) is 5.32 Å². The number of aryl methyl sites for hydroxylation is 2. The molecule has 1 heterocycles. The van der Waals surface area contributed by atoms with Crippen molar-refractivity contribution in [2.75, 3.05) is 19.0 Å². The Bertz CT molecular complexity index is 1390. The van der Waals surface area contributed by atoms with Gasteiger partial charge in [-0.3, -0.25) is 19.3 Å². The molecular weight excluding hydrogens is 512 g/mol. The van der Waals surface area contributed by atoms with Crippen molar-refractivity contribution in [3.63, 3.8) is 0 Å². The molecule has 1 fully saturated rings. The van der Waals surface area contributed by atoms with Crippen LogP contribution in [0.25, 0.3) is 6.08 Å². The van der Waals surface area contributed by atoms with E-state index in [1.165, 1.54) is 7.11 Å². The zero-order valence-corrected chi connectivity index (χ0v) is 22.1. The number of thioether (sulfide) groups is 1. The molecule has 0 saturated carbocycles. The molecule has 3 aromatic rings. The molecule has 0 spiro atoms. The van der Waals surface area contributed by atoms with Gasteiger partial charge < -0.3 is 14.8 Å². The highest BCUT2D eigenvalue weighted by molar-refractivity contribution is 8.18. The zero-order chi connectivity index (χ0) is 26.5. The normalized spacial score (nSPS) is 14.3. The Hall–Kier alpha value is -3.75. The molecule has 3 amide bonds. The summed E-state index contributed by atoms with van der Waals surface area (Å²) in [6.45, 7) is 3.89. The predicted octanol–water partition coefficient (Wildman–Crippen LogP) is 6.22. The van der Waals surface area contributed by atoms with Crippen LogP contribution < -0.4 is 14.8 Å². The van der Waals surface area contributed by atoms with Crippen molar-refractivity contribution in [3.05, 3.63) is 92.8 Å². The zero-order valence-electron chi connectivity index (χ0n) is 20.5. The summed E-state index contributed by atoms with van der Waals surface area (Å²) < 4.78 is 11.3. The first kappa shape index (κ1) is 26.3. The van der Waals surface area contributed by atoms with Crippen LogP contribution in [0.3, 0.4) is 0 Å². The minimum Gasteiger partial charge on any atom is -0.493 e. The van der Waals surface area contributed by atoms with Crippen molar-refractivity contribution in [3.8, 4) is 11.5 Å². The molecule has 37 heavy (non-hydrogen) atoms. The SMILES string of the molecule is COc1cc(/C=C2/SC(=O)N(CC(=O)Nc3ccc(C)c(C)c3)C2=O)ccc1OCc1ccc(Cl)cc1. The molecule has 0 aliphatic carbocycles. The van der Waals surface area contributed by atoms with E-state index in [0.29, 0.717) is 34.4 Å². The van der Waals surface area contributed by atoms with E-state index in [1.54, 1.807) is 42.5 Å². The van der Waals surface area contributed by atoms with E-state index in [0.717, 1.165) is 33.4 Å². The maximum Gasteiger partial charge on any atom is 0.294 e. The summed E-state index contributed by atoms with van der Waals surface area (Å²) in [4.78, 5) is 39.0. The molecule has 0 bridgehead atoms. The molecule has 1 saturated heterocycles. The smallest absolute Gasteiger partial charge is 0.294 e. The highest BCUT2D eigenvalue weighted by atomic mass is 35.5. The van der Waals surface area contributed by atoms with Crippen molar-refractivity contribution in [2.45, 2.75) is 20.5 Å². The van der Waals surface area contributed by atoms with Crippen molar-refractivity contribution < 1.29 is 23.9 Å². The number of amides is 3. The lowest BCUT2D eigenvalue weighted by atomic mass is 10.1. The Morgan fingerprint density at radius 3 is 2.46 bits per heavy atom. The average molecular weight is 537 g/mol. The lowest BCUT2D eigenvalue weighted by Gasteiger charge is -2.13. The highest BCUT2D eigenvalue weighted by Gasteiger charge is 2.36. The summed E-state index contributed by atoms with van der Waals surface area (Å²) in [5, 5.41) is 2.89. The lowest BCUT2D eigenvalue weighted by Crippen LogP contribution is -2.36. The molecule has 1 aliphatic heterocycles. The number of rotatable bonds is 8. The number of ether oxygens (including phenoxy) is 2. The summed E-state index contributed by atoms with van der Waals surface area (Å²) in [6.07, 6.45) is 1.59. The van der Waals surface area contributed by atoms with Gasteiger partial charge in [-0.15, -0.1) is 0 Å². The molecule has 3 aromatic carbocycles. The predicted molar refractivity (Wildman–Crippen MR) is 146 cm³/mol. The molecule has 1 aliphatic rings. The fourth-order valence-corrected chi connectivity index (χ4v) is 4.55. The first-order valence-electron chi connectivity index (χ1n) is 11.4. The molecule has 9 heteroatoms. The van der Waals surface area contributed by atoms with Crippen LogP contribution in [0.15, 0.2) is 65.6 Å². The molecule has 0 radical (unpaired) electrons. The fraction of sp³-hybridized carbons (Fsp3) is 0.179. The summed E-state index contributed by atoms with van der Waals surface area (Å²) in [5.74, 6) is 0.0448. The first-order chi connectivity index (χ1) is 17.7. The molecule has 1 N–H and O–H groups in total. The van der Waals surface area contributed by atoms with Crippen molar-refractivity contribution in [1.29, 1.82) is 0 Å². The number of carbonyl (C=O) groups is 3. The van der Waals surface area contributed by atoms with Gasteiger partial charge in [0.1, 0.15) is 13.2 Å². The van der Waals surface area contributed by atoms with E-state index in [-0.39, 0.29) is 11.4 Å². The van der Waals surface area contributed by atoms with Crippen molar-refractivity contribution in [2.24, 2.45) is 0 Å². The third-order valence-electron chi connectivity index (χ3n) is 5.76. The number of nitrogens with one attached hydrogen (secondary N) is 1. The molecule has 0 unspecified atom stereocenters. The largest absolute Gasteiger partial charge is 0.493 e. The fourth-order valence-electron chi connectivity index (χ4n) is 3.59. The summed E-state index contributed by atoms with van der Waals surface area (Å²) in [6, 6.07) is 18.1. The maximum atomic E-state index is 12.9. The van der Waals surface area contributed by atoms with Crippen LogP contribution in [0.5, 0.6) is 11.5 Å². The monoisotopic (exact) mass is 536 g/mol. The van der Waals surface area contributed by atoms with Gasteiger partial charge in [0.05, 0.1) is 12.0 Å². The maximum absolute atomic E-state index is 12.9. The molecule has 4 rings (SSSR count). The summed E-state index contributed by atoms with van der Waals surface area (Å²) in [7, 11) is 1.52. The van der Waals surface area contributed by atoms with Gasteiger partial charge in [0.2, 0.25) is 5.91 Å². The van der Waals surface area contributed by atoms with Gasteiger partial charge in [0.25, 0.3) is 11.1 Å². The van der Waals surface area contributed by atoms with Crippen LogP contribution in [-0.2, 0) is 16.2 Å². The third-order valence-corrected chi connectivity index (χ3v) is 6.92. The molecular formula is C28H25ClN2O5S. The minimum absolute atomic E-state index is 0.223. The lowest BCUT2D eigenvalue weighted by molar-refractivity contribution is -0.127. The number of methoxy groups -OCH3 is 1. The Kier molecular flexibility index (Phi) is 8.21. The molecule has 190 valence electrons. The number of nitrogens with zero attached hydrogens (tertiary/aromatic N) is 1. The van der Waals surface area contributed by atoms with Gasteiger partial charge in [-0.25, -0.2) is 0 Å². The minimum atomic E-state index is -0.521. The number of anilines is 1. The van der Waals surface area contributed by atoms with Crippen LogP contribution in [-0.4, -0.2) is 35.6 Å². The van der Waals surface area contributed by atoms with Gasteiger partial charge in [-0.2, -0.15) is 0 Å². The van der Waals surface area contributed by atoms with Crippen LogP contribution in [0.2, 0.25) is 5.02 Å². The van der Waals surface area contributed by atoms with E-state index in [1.807, 2.05) is 38.1 Å². The van der Waals surface area contributed by atoms with Gasteiger partial charge in [-0.1, -0.05) is 35.9 Å². The second kappa shape index (κ2) is 11.5. The number of hydrogen-bond donors (Lipinski definition) is 1. The number of halogens is 1. The van der Waals surface area contributed by atoms with E-state index < -0.39 is 17.1 Å². The Morgan fingerprint density at radius 2 is 1.76 bits per heavy atom. The standard InChI is InChI=1S/C28H25ClN2O5S/c1-17-4-10-22(12-18(17)2)30-26(32)15-31-27(33)25(37-28(31)34)14-20-7-11-23(24(13-20)35-3)36-16-19-5-8-21(29)9-6-19/h4-14H,15-16H2,1-3H3,(H,30,32)/b25-14+. The van der Waals surface area contributed by atoms with Gasteiger partial charge >= 0.3 is 0 Å². The van der Waals surface area contributed by atoms with Crippen LogP contribution in [0.1, 0.15) is 22.3 Å². The summed E-state index contributed by atoms with van der Waals surface area (Å²) in [5.41, 5.74) is 4.35. The van der Waals surface area contributed by atoms with Crippen LogP contribution >= 0.6 is 23.4 Å². The molecule has 0 atom stereocenters. The van der Waals surface area contributed by atoms with Crippen LogP contribution in [0.4, 0.5) is 10.5 Å². The van der Waals surface area contributed by atoms with Gasteiger partial charge in [0.15, 0.2) is 11.5 Å². The van der Waals surface area contributed by atoms with E-state index in [4.69, 9.17) is 21.1 Å². The number of benzene rings is 3. The number of imide groups is 1. The average Bonchev–Trinajstić information content (AvgIpc) is 3.13. The van der Waals surface area contributed by atoms with Crippen molar-refractivity contribution >= 4 is 52.2 Å². The third kappa shape index (κ3) is 6.53. The van der Waals surface area contributed by atoms with Crippen LogP contribution in [0, 0.1) is 13.8 Å². The molecule has 0 aromatic heterocycles. The van der Waals surface area contributed by atoms with Gasteiger partial charge in [0, 0.05) is 10.7 Å². The van der Waals surface area contributed by atoms with Gasteiger partial charge in [-0.05, 0) is 90.3 Å². The number of hydrogen-bond acceptors (Lipinski definition) is 6. The quantitative estimate of drug-likeness (QED) is 0.344. The first-order valence-corrected chi connectivity index (χ1v) is 12.6. The Morgan fingerprint density at radius 1 is 1.00 bits per heavy atom. The van der Waals surface area contributed by atoms with E-state index in [9.17, 15) is 14.4 Å². The highest BCUT2D eigenvalue weighted by Crippen LogP contribution is 2.35. The van der Waals surface area contributed by atoms with Crippen molar-refractivity contribution in [1.82, 2.24) is 4.90 Å². The Balaban J connectivity index is 1.42. The number of carbonyl (C=O) groups excluding carboxylic acids is 3.